The largest absolute Gasteiger partial charge is 0.350 e. The first-order chi connectivity index (χ1) is 14.1. The van der Waals surface area contributed by atoms with Crippen LogP contribution in [0.1, 0.15) is 30.1 Å². The molecule has 6 nitrogen and oxygen atoms in total. The van der Waals surface area contributed by atoms with Crippen LogP contribution in [0.25, 0.3) is 11.8 Å². The minimum Gasteiger partial charge on any atom is -0.338 e. The molecule has 4 rings (SSSR count). The average Bonchev–Trinajstić information content (AvgIpc) is 3.08. The molecule has 1 aliphatic heterocycles. The Labute approximate surface area is 169 Å². The fraction of sp³-hybridized carbons (Fsp3) is 0.261. The van der Waals surface area contributed by atoms with E-state index in [-0.39, 0.29) is 17.5 Å². The highest BCUT2D eigenvalue weighted by atomic mass is 16.2. The highest BCUT2D eigenvalue weighted by Gasteiger charge is 2.29. The summed E-state index contributed by atoms with van der Waals surface area (Å²) < 4.78 is 3.04. The molecule has 1 amide bonds. The van der Waals surface area contributed by atoms with Crippen molar-refractivity contribution in [1.82, 2.24) is 19.2 Å². The molecule has 0 bridgehead atoms. The summed E-state index contributed by atoms with van der Waals surface area (Å²) in [5, 5.41) is 4.51. The molecule has 29 heavy (non-hydrogen) atoms. The Bertz CT molecular complexity index is 1070. The zero-order chi connectivity index (χ0) is 20.2. The summed E-state index contributed by atoms with van der Waals surface area (Å²) in [7, 11) is 1.67. The molecule has 2 heterocycles. The van der Waals surface area contributed by atoms with E-state index in [1.165, 1.54) is 4.68 Å². The number of benzene rings is 2. The topological polar surface area (TPSA) is 60.1 Å². The third-order valence-corrected chi connectivity index (χ3v) is 5.28. The molecule has 0 radical (unpaired) electrons. The van der Waals surface area contributed by atoms with Gasteiger partial charge in [0.25, 0.3) is 0 Å². The number of hydrogen-bond donors (Lipinski definition) is 0. The van der Waals surface area contributed by atoms with Crippen molar-refractivity contribution < 1.29 is 4.79 Å². The van der Waals surface area contributed by atoms with E-state index in [0.29, 0.717) is 12.4 Å². The summed E-state index contributed by atoms with van der Waals surface area (Å²) in [5.41, 5.74) is 1.63. The molecular weight excluding hydrogens is 364 g/mol. The van der Waals surface area contributed by atoms with Crippen molar-refractivity contribution in [3.8, 4) is 5.69 Å². The lowest BCUT2D eigenvalue weighted by Gasteiger charge is -2.31. The van der Waals surface area contributed by atoms with Crippen LogP contribution >= 0.6 is 0 Å². The van der Waals surface area contributed by atoms with Crippen LogP contribution in [0, 0.1) is 0 Å². The lowest BCUT2D eigenvalue weighted by molar-refractivity contribution is -0.127. The lowest BCUT2D eigenvalue weighted by Crippen LogP contribution is -2.39. The van der Waals surface area contributed by atoms with Gasteiger partial charge in [0.15, 0.2) is 0 Å². The van der Waals surface area contributed by atoms with Gasteiger partial charge in [-0.3, -0.25) is 4.79 Å². The molecule has 1 aromatic heterocycles. The van der Waals surface area contributed by atoms with E-state index >= 15 is 0 Å². The Morgan fingerprint density at radius 2 is 1.76 bits per heavy atom. The van der Waals surface area contributed by atoms with Crippen molar-refractivity contribution in [3.05, 3.63) is 88.6 Å². The van der Waals surface area contributed by atoms with Crippen molar-refractivity contribution in [3.63, 3.8) is 0 Å². The minimum absolute atomic E-state index is 0.0110. The maximum Gasteiger partial charge on any atom is 0.350 e. The van der Waals surface area contributed by atoms with Gasteiger partial charge in [0.2, 0.25) is 5.91 Å². The third-order valence-electron chi connectivity index (χ3n) is 5.28. The van der Waals surface area contributed by atoms with Crippen molar-refractivity contribution >= 4 is 12.0 Å². The van der Waals surface area contributed by atoms with Gasteiger partial charge >= 0.3 is 5.69 Å². The maximum atomic E-state index is 12.7. The van der Waals surface area contributed by atoms with E-state index in [1.54, 1.807) is 17.7 Å². The predicted octanol–water partition coefficient (Wildman–Crippen LogP) is 2.99. The zero-order valence-electron chi connectivity index (χ0n) is 16.4. The number of rotatable bonds is 4. The number of carbonyl (C=O) groups is 1. The van der Waals surface area contributed by atoms with Crippen LogP contribution in [-0.4, -0.2) is 38.2 Å². The number of nitrogens with zero attached hydrogens (tertiary/aromatic N) is 4. The fourth-order valence-corrected chi connectivity index (χ4v) is 3.79. The summed E-state index contributed by atoms with van der Waals surface area (Å²) in [6, 6.07) is 19.3. The van der Waals surface area contributed by atoms with Crippen molar-refractivity contribution in [2.75, 3.05) is 13.1 Å². The van der Waals surface area contributed by atoms with Gasteiger partial charge in [-0.05, 0) is 36.6 Å². The van der Waals surface area contributed by atoms with Gasteiger partial charge in [-0.15, -0.1) is 0 Å². The molecule has 0 spiro atoms. The van der Waals surface area contributed by atoms with E-state index in [0.717, 1.165) is 30.6 Å². The number of likely N-dealkylation sites (tertiary alicyclic amines) is 1. The number of carbonyl (C=O) groups excluding carboxylic acids is 1. The second-order valence-corrected chi connectivity index (χ2v) is 7.30. The third kappa shape index (κ3) is 4.06. The smallest absolute Gasteiger partial charge is 0.338 e. The Balaban J connectivity index is 1.56. The summed E-state index contributed by atoms with van der Waals surface area (Å²) in [5.74, 6) is 0.725. The van der Waals surface area contributed by atoms with Gasteiger partial charge in [-0.25, -0.2) is 14.0 Å². The molecular formula is C23H24N4O2. The number of aryl methyl sites for hydroxylation is 1. The monoisotopic (exact) mass is 388 g/mol. The number of piperidine rings is 1. The zero-order valence-corrected chi connectivity index (χ0v) is 16.4. The average molecular weight is 388 g/mol. The first kappa shape index (κ1) is 18.9. The van der Waals surface area contributed by atoms with Gasteiger partial charge in [0.1, 0.15) is 5.82 Å². The molecule has 1 fully saturated rings. The summed E-state index contributed by atoms with van der Waals surface area (Å²) in [4.78, 5) is 27.2. The Hall–Kier alpha value is -3.41. The number of para-hydroxylation sites is 1. The van der Waals surface area contributed by atoms with Crippen molar-refractivity contribution in [2.24, 2.45) is 7.05 Å². The second kappa shape index (κ2) is 8.31. The molecule has 0 aliphatic carbocycles. The van der Waals surface area contributed by atoms with Gasteiger partial charge < -0.3 is 4.90 Å². The SMILES string of the molecule is Cn1nc(C2CCCN(C(=O)/C=C/c3ccccc3)C2)n(-c2ccccc2)c1=O. The molecule has 1 saturated heterocycles. The molecule has 3 aromatic rings. The van der Waals surface area contributed by atoms with Crippen LogP contribution in [0.2, 0.25) is 0 Å². The first-order valence-electron chi connectivity index (χ1n) is 9.87. The van der Waals surface area contributed by atoms with Gasteiger partial charge in [-0.2, -0.15) is 5.10 Å². The molecule has 2 aromatic carbocycles. The predicted molar refractivity (Wildman–Crippen MR) is 113 cm³/mol. The highest BCUT2D eigenvalue weighted by Crippen LogP contribution is 2.26. The number of amides is 1. The van der Waals surface area contributed by atoms with E-state index in [9.17, 15) is 9.59 Å². The van der Waals surface area contributed by atoms with Crippen LogP contribution in [0.3, 0.4) is 0 Å². The van der Waals surface area contributed by atoms with Crippen LogP contribution in [-0.2, 0) is 11.8 Å². The normalized spacial score (nSPS) is 17.0. The van der Waals surface area contributed by atoms with E-state index in [2.05, 4.69) is 5.10 Å². The minimum atomic E-state index is -0.168. The first-order valence-corrected chi connectivity index (χ1v) is 9.87. The summed E-state index contributed by atoms with van der Waals surface area (Å²) in [6.45, 7) is 1.28. The van der Waals surface area contributed by atoms with Crippen molar-refractivity contribution in [1.29, 1.82) is 0 Å². The van der Waals surface area contributed by atoms with Crippen LogP contribution in [0.4, 0.5) is 0 Å². The molecule has 1 aliphatic rings. The van der Waals surface area contributed by atoms with Crippen molar-refractivity contribution in [2.45, 2.75) is 18.8 Å². The van der Waals surface area contributed by atoms with Gasteiger partial charge in [0, 0.05) is 32.1 Å². The molecule has 1 unspecified atom stereocenters. The summed E-state index contributed by atoms with van der Waals surface area (Å²) in [6.07, 6.45) is 5.25. The molecule has 6 heteroatoms. The van der Waals surface area contributed by atoms with Crippen LogP contribution in [0.15, 0.2) is 71.5 Å². The highest BCUT2D eigenvalue weighted by molar-refractivity contribution is 5.91. The van der Waals surface area contributed by atoms with Crippen LogP contribution < -0.4 is 5.69 Å². The second-order valence-electron chi connectivity index (χ2n) is 7.30. The molecule has 148 valence electrons. The number of hydrogen-bond acceptors (Lipinski definition) is 3. The van der Waals surface area contributed by atoms with E-state index in [1.807, 2.05) is 71.6 Å². The Morgan fingerprint density at radius 3 is 2.48 bits per heavy atom. The Morgan fingerprint density at radius 1 is 1.07 bits per heavy atom. The standard InChI is InChI=1S/C23H24N4O2/c1-25-23(29)27(20-12-6-3-7-13-20)22(24-25)19-11-8-16-26(17-19)21(28)15-14-18-9-4-2-5-10-18/h2-7,9-10,12-15,19H,8,11,16-17H2,1H3/b15-14+. The van der Waals surface area contributed by atoms with Gasteiger partial charge in [-0.1, -0.05) is 48.5 Å². The molecule has 0 saturated carbocycles. The van der Waals surface area contributed by atoms with Crippen LogP contribution in [0.5, 0.6) is 0 Å². The maximum absolute atomic E-state index is 12.7. The Kier molecular flexibility index (Phi) is 5.42. The van der Waals surface area contributed by atoms with E-state index < -0.39 is 0 Å². The lowest BCUT2D eigenvalue weighted by atomic mass is 9.97. The number of aromatic nitrogens is 3. The quantitative estimate of drug-likeness (QED) is 0.646. The fourth-order valence-electron chi connectivity index (χ4n) is 3.79. The summed E-state index contributed by atoms with van der Waals surface area (Å²) >= 11 is 0. The van der Waals surface area contributed by atoms with Gasteiger partial charge in [0.05, 0.1) is 5.69 Å². The van der Waals surface area contributed by atoms with E-state index in [4.69, 9.17) is 0 Å². The molecule has 1 atom stereocenters. The molecule has 0 N–H and O–H groups in total.